The Morgan fingerprint density at radius 1 is 1.44 bits per heavy atom. The molecule has 0 heterocycles. The maximum atomic E-state index is 11.0. The molecule has 2 nitrogen and oxygen atoms in total. The lowest BCUT2D eigenvalue weighted by atomic mass is 10.3. The first-order valence-electron chi connectivity index (χ1n) is 2.69. The van der Waals surface area contributed by atoms with Crippen LogP contribution < -0.4 is 4.13 Å². The van der Waals surface area contributed by atoms with Gasteiger partial charge in [0.05, 0.1) is 4.75 Å². The van der Waals surface area contributed by atoms with Gasteiger partial charge >= 0.3 is 0 Å². The van der Waals surface area contributed by atoms with Gasteiger partial charge in [-0.15, -0.1) is 0 Å². The van der Waals surface area contributed by atoms with E-state index < -0.39 is 11.0 Å². The summed E-state index contributed by atoms with van der Waals surface area (Å²) in [6.45, 7) is 5.81. The van der Waals surface area contributed by atoms with Crippen molar-refractivity contribution in [3.63, 3.8) is 0 Å². The predicted octanol–water partition coefficient (Wildman–Crippen LogP) is 1.32. The molecule has 0 aliphatic carbocycles. The molecule has 0 aromatic heterocycles. The van der Waals surface area contributed by atoms with Crippen LogP contribution in [-0.4, -0.2) is 15.2 Å². The Hall–Kier alpha value is 0.460. The van der Waals surface area contributed by atoms with Crippen molar-refractivity contribution in [3.05, 3.63) is 0 Å². The highest BCUT2D eigenvalue weighted by atomic mass is 32.2. The summed E-state index contributed by atoms with van der Waals surface area (Å²) in [4.78, 5) is 0. The molecular weight excluding hydrogens is 154 g/mol. The Bertz CT molecular complexity index is 108. The maximum Gasteiger partial charge on any atom is 0.107 e. The Morgan fingerprint density at radius 2 is 1.89 bits per heavy atom. The first kappa shape index (κ1) is 9.46. The van der Waals surface area contributed by atoms with Gasteiger partial charge in [-0.05, 0) is 27.0 Å². The van der Waals surface area contributed by atoms with Crippen LogP contribution >= 0.6 is 11.9 Å². The van der Waals surface area contributed by atoms with E-state index in [4.69, 9.17) is 0 Å². The van der Waals surface area contributed by atoms with Gasteiger partial charge in [0.15, 0.2) is 0 Å². The third kappa shape index (κ3) is 3.95. The van der Waals surface area contributed by atoms with E-state index in [9.17, 15) is 4.21 Å². The van der Waals surface area contributed by atoms with E-state index >= 15 is 0 Å². The Morgan fingerprint density at radius 3 is 2.00 bits per heavy atom. The fourth-order valence-corrected chi connectivity index (χ4v) is 1.81. The second-order valence-electron chi connectivity index (χ2n) is 2.67. The molecule has 0 aliphatic heterocycles. The lowest BCUT2D eigenvalue weighted by Crippen LogP contribution is -2.29. The zero-order valence-electron chi connectivity index (χ0n) is 6.22. The van der Waals surface area contributed by atoms with Crippen molar-refractivity contribution in [1.82, 2.24) is 4.13 Å². The molecule has 1 N–H and O–H groups in total. The molecule has 1 unspecified atom stereocenters. The normalized spacial score (nSPS) is 15.6. The average Bonchev–Trinajstić information content (AvgIpc) is 1.64. The van der Waals surface area contributed by atoms with Gasteiger partial charge < -0.3 is 0 Å². The summed E-state index contributed by atoms with van der Waals surface area (Å²) in [5, 5.41) is 0. The van der Waals surface area contributed by atoms with Gasteiger partial charge in [0.1, 0.15) is 11.0 Å². The first-order valence-corrected chi connectivity index (χ1v) is 5.06. The molecular formula is C5H13NOS2. The molecule has 1 atom stereocenters. The van der Waals surface area contributed by atoms with Crippen molar-refractivity contribution >= 4 is 22.9 Å². The van der Waals surface area contributed by atoms with Gasteiger partial charge in [-0.25, -0.2) is 4.21 Å². The molecule has 0 saturated carbocycles. The van der Waals surface area contributed by atoms with Crippen LogP contribution in [0.5, 0.6) is 0 Å². The maximum absolute atomic E-state index is 11.0. The summed E-state index contributed by atoms with van der Waals surface area (Å²) in [6, 6.07) is 0. The SMILES string of the molecule is CSNS(=O)C(C)(C)C. The smallest absolute Gasteiger partial charge is 0.107 e. The van der Waals surface area contributed by atoms with Crippen LogP contribution in [0.3, 0.4) is 0 Å². The van der Waals surface area contributed by atoms with Gasteiger partial charge in [0, 0.05) is 0 Å². The number of nitrogens with one attached hydrogen (secondary N) is 1. The van der Waals surface area contributed by atoms with Crippen molar-refractivity contribution in [2.24, 2.45) is 0 Å². The zero-order chi connectivity index (χ0) is 7.49. The first-order chi connectivity index (χ1) is 3.98. The van der Waals surface area contributed by atoms with Crippen molar-refractivity contribution in [3.8, 4) is 0 Å². The zero-order valence-corrected chi connectivity index (χ0v) is 7.86. The van der Waals surface area contributed by atoms with E-state index in [1.165, 1.54) is 11.9 Å². The monoisotopic (exact) mass is 167 g/mol. The molecule has 9 heavy (non-hydrogen) atoms. The molecule has 0 radical (unpaired) electrons. The summed E-state index contributed by atoms with van der Waals surface area (Å²) >= 11 is 1.39. The molecule has 0 bridgehead atoms. The highest BCUT2D eigenvalue weighted by Gasteiger charge is 2.18. The quantitative estimate of drug-likeness (QED) is 0.628. The van der Waals surface area contributed by atoms with Gasteiger partial charge in [-0.2, -0.15) is 4.13 Å². The van der Waals surface area contributed by atoms with Crippen LogP contribution in [-0.2, 0) is 11.0 Å². The molecule has 0 aromatic carbocycles. The Balaban J connectivity index is 3.74. The van der Waals surface area contributed by atoms with Crippen molar-refractivity contribution < 1.29 is 4.21 Å². The van der Waals surface area contributed by atoms with Gasteiger partial charge in [-0.3, -0.25) is 0 Å². The minimum Gasteiger partial charge on any atom is -0.242 e. The lowest BCUT2D eigenvalue weighted by molar-refractivity contribution is 0.648. The van der Waals surface area contributed by atoms with Crippen molar-refractivity contribution in [2.75, 3.05) is 6.26 Å². The van der Waals surface area contributed by atoms with Crippen LogP contribution in [0.4, 0.5) is 0 Å². The third-order valence-corrected chi connectivity index (χ3v) is 3.10. The summed E-state index contributed by atoms with van der Waals surface area (Å²) in [7, 11) is -0.924. The molecule has 0 spiro atoms. The number of rotatable bonds is 2. The van der Waals surface area contributed by atoms with E-state index in [1.54, 1.807) is 0 Å². The average molecular weight is 167 g/mol. The molecule has 0 amide bonds. The minimum absolute atomic E-state index is 0.150. The standard InChI is InChI=1S/C5H13NOS2/c1-5(2,3)9(7)6-8-4/h6H,1-4H3. The Kier molecular flexibility index (Phi) is 3.77. The molecule has 0 aromatic rings. The highest BCUT2D eigenvalue weighted by Crippen LogP contribution is 2.09. The van der Waals surface area contributed by atoms with E-state index in [1.807, 2.05) is 27.0 Å². The fraction of sp³-hybridized carbons (Fsp3) is 1.00. The van der Waals surface area contributed by atoms with E-state index in [-0.39, 0.29) is 4.75 Å². The second-order valence-corrected chi connectivity index (χ2v) is 5.51. The molecule has 0 aliphatic rings. The lowest BCUT2D eigenvalue weighted by Gasteiger charge is -2.16. The topological polar surface area (TPSA) is 29.1 Å². The van der Waals surface area contributed by atoms with Crippen LogP contribution in [0.15, 0.2) is 0 Å². The molecule has 0 fully saturated rings. The van der Waals surface area contributed by atoms with Crippen molar-refractivity contribution in [1.29, 1.82) is 0 Å². The van der Waals surface area contributed by atoms with E-state index in [0.717, 1.165) is 0 Å². The summed E-state index contributed by atoms with van der Waals surface area (Å²) in [5.74, 6) is 0. The largest absolute Gasteiger partial charge is 0.242 e. The molecule has 4 heteroatoms. The van der Waals surface area contributed by atoms with Crippen molar-refractivity contribution in [2.45, 2.75) is 25.5 Å². The van der Waals surface area contributed by atoms with E-state index in [2.05, 4.69) is 4.13 Å². The summed E-state index contributed by atoms with van der Waals surface area (Å²) in [6.07, 6.45) is 1.86. The van der Waals surface area contributed by atoms with Crippen LogP contribution in [0.2, 0.25) is 0 Å². The second kappa shape index (κ2) is 3.58. The summed E-state index contributed by atoms with van der Waals surface area (Å²) < 4.78 is 13.7. The van der Waals surface area contributed by atoms with Crippen LogP contribution in [0.1, 0.15) is 20.8 Å². The highest BCUT2D eigenvalue weighted by molar-refractivity contribution is 8.07. The van der Waals surface area contributed by atoms with Gasteiger partial charge in [-0.1, -0.05) is 11.9 Å². The van der Waals surface area contributed by atoms with Crippen LogP contribution in [0, 0.1) is 0 Å². The molecule has 0 saturated heterocycles. The predicted molar refractivity (Wildman–Crippen MR) is 44.5 cm³/mol. The third-order valence-electron chi connectivity index (χ3n) is 0.715. The van der Waals surface area contributed by atoms with E-state index in [0.29, 0.717) is 0 Å². The molecule has 56 valence electrons. The fourth-order valence-electron chi connectivity index (χ4n) is 0.201. The van der Waals surface area contributed by atoms with Crippen LogP contribution in [0.25, 0.3) is 0 Å². The number of hydrogen-bond donors (Lipinski definition) is 1. The minimum atomic E-state index is -0.924. The summed E-state index contributed by atoms with van der Waals surface area (Å²) in [5.41, 5.74) is 0. The molecule has 0 rings (SSSR count). The van der Waals surface area contributed by atoms with Gasteiger partial charge in [0.25, 0.3) is 0 Å². The Labute approximate surface area is 63.5 Å². The number of hydrogen-bond acceptors (Lipinski definition) is 2. The van der Waals surface area contributed by atoms with Gasteiger partial charge in [0.2, 0.25) is 0 Å².